The Hall–Kier alpha value is -5.52. The van der Waals surface area contributed by atoms with Gasteiger partial charge in [-0.05, 0) is 42.5 Å². The van der Waals surface area contributed by atoms with E-state index >= 15 is 0 Å². The van der Waals surface area contributed by atoms with Gasteiger partial charge in [0.25, 0.3) is 0 Å². The summed E-state index contributed by atoms with van der Waals surface area (Å²) < 4.78 is 7.19. The molecule has 4 nitrogen and oxygen atoms in total. The van der Waals surface area contributed by atoms with E-state index in [0.29, 0.717) is 23.0 Å². The van der Waals surface area contributed by atoms with Crippen LogP contribution in [0.3, 0.4) is 0 Å². The van der Waals surface area contributed by atoms with Gasteiger partial charge in [-0.3, -0.25) is 0 Å². The van der Waals surface area contributed by atoms with Gasteiger partial charge in [-0.25, -0.2) is 15.0 Å². The van der Waals surface area contributed by atoms with Crippen LogP contribution in [-0.2, 0) is 0 Å². The summed E-state index contributed by atoms with van der Waals surface area (Å²) in [6.45, 7) is 0. The Balaban J connectivity index is 1.17. The van der Waals surface area contributed by atoms with E-state index in [1.54, 1.807) is 34.0 Å². The average Bonchev–Trinajstić information content (AvgIpc) is 3.80. The first-order valence-corrected chi connectivity index (χ1v) is 17.6. The summed E-state index contributed by atoms with van der Waals surface area (Å²) in [6.07, 6.45) is 0. The standard InChI is InChI=1S/C40H20N4S3/c41-21-22-9-13-28-31-16-12-25(20-37(31)47-34(28)17-22)40-43-38(23-10-14-29-26-5-1-3-7-32(26)45-35(29)18-23)42-39(44-40)24-11-15-30-27-6-2-4-8-33(27)46-36(30)19-24/h1-20H. The molecule has 0 atom stereocenters. The SMILES string of the molecule is N#Cc1ccc2c(c1)sc1cc(-c3nc(-c4ccc5c(c4)sc4ccccc45)nc(-c4ccc5c(c4)sc4ccccc45)n3)ccc12. The first-order chi connectivity index (χ1) is 23.2. The van der Waals surface area contributed by atoms with E-state index in [4.69, 9.17) is 15.0 Å². The van der Waals surface area contributed by atoms with Gasteiger partial charge in [0.2, 0.25) is 0 Å². The van der Waals surface area contributed by atoms with E-state index < -0.39 is 0 Å². The van der Waals surface area contributed by atoms with Crippen LogP contribution in [0.15, 0.2) is 121 Å². The molecule has 0 fully saturated rings. The van der Waals surface area contributed by atoms with Crippen molar-refractivity contribution in [2.24, 2.45) is 0 Å². The maximum absolute atomic E-state index is 9.43. The molecule has 7 heteroatoms. The van der Waals surface area contributed by atoms with Crippen LogP contribution >= 0.6 is 34.0 Å². The van der Waals surface area contributed by atoms with Crippen molar-refractivity contribution >= 4 is 94.5 Å². The number of rotatable bonds is 3. The van der Waals surface area contributed by atoms with Gasteiger partial charge >= 0.3 is 0 Å². The molecule has 0 aliphatic heterocycles. The number of nitriles is 1. The summed E-state index contributed by atoms with van der Waals surface area (Å²) in [6, 6.07) is 44.7. The van der Waals surface area contributed by atoms with Crippen LogP contribution in [0, 0.1) is 11.3 Å². The molecule has 10 rings (SSSR count). The Labute approximate surface area is 280 Å². The van der Waals surface area contributed by atoms with E-state index in [9.17, 15) is 5.26 Å². The molecule has 4 heterocycles. The highest BCUT2D eigenvalue weighted by atomic mass is 32.1. The van der Waals surface area contributed by atoms with E-state index in [2.05, 4.69) is 109 Å². The summed E-state index contributed by atoms with van der Waals surface area (Å²) >= 11 is 5.27. The zero-order valence-electron chi connectivity index (χ0n) is 24.6. The van der Waals surface area contributed by atoms with E-state index in [1.807, 2.05) is 18.2 Å². The van der Waals surface area contributed by atoms with Gasteiger partial charge in [-0.15, -0.1) is 34.0 Å². The molecule has 0 saturated heterocycles. The van der Waals surface area contributed by atoms with E-state index in [-0.39, 0.29) is 0 Å². The lowest BCUT2D eigenvalue weighted by atomic mass is 10.1. The fraction of sp³-hybridized carbons (Fsp3) is 0. The second kappa shape index (κ2) is 10.2. The van der Waals surface area contributed by atoms with Crippen LogP contribution in [0.1, 0.15) is 5.56 Å². The van der Waals surface area contributed by atoms with Gasteiger partial charge in [0.05, 0.1) is 11.6 Å². The van der Waals surface area contributed by atoms with Gasteiger partial charge in [0, 0.05) is 77.2 Å². The smallest absolute Gasteiger partial charge is 0.164 e. The summed E-state index contributed by atoms with van der Waals surface area (Å²) in [7, 11) is 0. The van der Waals surface area contributed by atoms with E-state index in [0.717, 1.165) is 36.9 Å². The van der Waals surface area contributed by atoms with Gasteiger partial charge in [-0.1, -0.05) is 78.9 Å². The van der Waals surface area contributed by atoms with Crippen molar-refractivity contribution in [3.05, 3.63) is 127 Å². The first kappa shape index (κ1) is 26.7. The van der Waals surface area contributed by atoms with Crippen molar-refractivity contribution in [1.82, 2.24) is 15.0 Å². The largest absolute Gasteiger partial charge is 0.208 e. The van der Waals surface area contributed by atoms with Crippen LogP contribution in [0.25, 0.3) is 94.7 Å². The molecule has 4 aromatic heterocycles. The van der Waals surface area contributed by atoms with Gasteiger partial charge in [0.1, 0.15) is 0 Å². The maximum atomic E-state index is 9.43. The molecule has 218 valence electrons. The monoisotopic (exact) mass is 652 g/mol. The minimum Gasteiger partial charge on any atom is -0.208 e. The second-order valence-electron chi connectivity index (χ2n) is 11.6. The predicted molar refractivity (Wildman–Crippen MR) is 200 cm³/mol. The molecule has 10 aromatic rings. The van der Waals surface area contributed by atoms with Gasteiger partial charge in [-0.2, -0.15) is 5.26 Å². The molecule has 0 aliphatic carbocycles. The molecule has 0 radical (unpaired) electrons. The van der Waals surface area contributed by atoms with Crippen molar-refractivity contribution in [1.29, 1.82) is 5.26 Å². The topological polar surface area (TPSA) is 62.5 Å². The fourth-order valence-corrected chi connectivity index (χ4v) is 9.95. The van der Waals surface area contributed by atoms with Crippen molar-refractivity contribution in [3.8, 4) is 40.2 Å². The molecular formula is C40H20N4S3. The number of benzene rings is 6. The van der Waals surface area contributed by atoms with Crippen molar-refractivity contribution in [2.75, 3.05) is 0 Å². The van der Waals surface area contributed by atoms with Crippen molar-refractivity contribution in [3.63, 3.8) is 0 Å². The molecule has 0 N–H and O–H groups in total. The third kappa shape index (κ3) is 4.27. The number of hydrogen-bond donors (Lipinski definition) is 0. The quantitative estimate of drug-likeness (QED) is 0.190. The third-order valence-corrected chi connectivity index (χ3v) is 12.2. The molecule has 0 bridgehead atoms. The zero-order valence-corrected chi connectivity index (χ0v) is 27.0. The van der Waals surface area contributed by atoms with Crippen LogP contribution in [0.5, 0.6) is 0 Å². The lowest BCUT2D eigenvalue weighted by molar-refractivity contribution is 1.08. The molecule has 0 amide bonds. The minimum atomic E-state index is 0.634. The summed E-state index contributed by atoms with van der Waals surface area (Å²) in [5.74, 6) is 1.93. The first-order valence-electron chi connectivity index (χ1n) is 15.1. The Morgan fingerprint density at radius 3 is 1.19 bits per heavy atom. The van der Waals surface area contributed by atoms with Crippen LogP contribution in [0.4, 0.5) is 0 Å². The molecule has 0 spiro atoms. The normalized spacial score (nSPS) is 11.8. The number of aromatic nitrogens is 3. The number of nitrogens with zero attached hydrogens (tertiary/aromatic N) is 4. The third-order valence-electron chi connectivity index (χ3n) is 8.77. The van der Waals surface area contributed by atoms with Crippen molar-refractivity contribution < 1.29 is 0 Å². The predicted octanol–water partition coefficient (Wildman–Crippen LogP) is 11.8. The Kier molecular flexibility index (Phi) is 5.81. The number of hydrogen-bond acceptors (Lipinski definition) is 7. The number of thiophene rings is 3. The lowest BCUT2D eigenvalue weighted by Crippen LogP contribution is -2.00. The van der Waals surface area contributed by atoms with Crippen LogP contribution in [0.2, 0.25) is 0 Å². The summed E-state index contributed by atoms with van der Waals surface area (Å²) in [5.41, 5.74) is 3.52. The highest BCUT2D eigenvalue weighted by molar-refractivity contribution is 7.26. The fourth-order valence-electron chi connectivity index (χ4n) is 6.48. The van der Waals surface area contributed by atoms with Crippen molar-refractivity contribution in [2.45, 2.75) is 0 Å². The van der Waals surface area contributed by atoms with Crippen LogP contribution in [-0.4, -0.2) is 15.0 Å². The molecule has 0 unspecified atom stereocenters. The number of fused-ring (bicyclic) bond motifs is 9. The molecular weight excluding hydrogens is 633 g/mol. The van der Waals surface area contributed by atoms with Gasteiger partial charge in [0.15, 0.2) is 17.5 Å². The Morgan fingerprint density at radius 1 is 0.383 bits per heavy atom. The summed E-state index contributed by atoms with van der Waals surface area (Å²) in [5, 5.41) is 16.8. The minimum absolute atomic E-state index is 0.634. The molecule has 0 aliphatic rings. The Bertz CT molecular complexity index is 2810. The van der Waals surface area contributed by atoms with Crippen LogP contribution < -0.4 is 0 Å². The second-order valence-corrected chi connectivity index (χ2v) is 14.8. The summed E-state index contributed by atoms with van der Waals surface area (Å²) in [4.78, 5) is 15.3. The van der Waals surface area contributed by atoms with E-state index in [1.165, 1.54) is 40.3 Å². The zero-order chi connectivity index (χ0) is 31.1. The molecule has 6 aromatic carbocycles. The van der Waals surface area contributed by atoms with Gasteiger partial charge < -0.3 is 0 Å². The average molecular weight is 653 g/mol. The highest BCUT2D eigenvalue weighted by Crippen LogP contribution is 2.40. The highest BCUT2D eigenvalue weighted by Gasteiger charge is 2.16. The molecule has 0 saturated carbocycles. The lowest BCUT2D eigenvalue weighted by Gasteiger charge is -2.09. The molecule has 47 heavy (non-hydrogen) atoms. The Morgan fingerprint density at radius 2 is 0.745 bits per heavy atom. The maximum Gasteiger partial charge on any atom is 0.164 e.